The number of hydrogen-bond donors (Lipinski definition) is 1. The van der Waals surface area contributed by atoms with Gasteiger partial charge in [-0.3, -0.25) is 4.79 Å². The van der Waals surface area contributed by atoms with Crippen LogP contribution < -0.4 is 5.73 Å². The zero-order valence-corrected chi connectivity index (χ0v) is 17.5. The van der Waals surface area contributed by atoms with Gasteiger partial charge in [-0.2, -0.15) is 10.4 Å². The molecule has 1 saturated carbocycles. The highest BCUT2D eigenvalue weighted by Gasteiger charge is 2.65. The molecule has 0 saturated heterocycles. The molecular formula is C15H11Cl2F5N4OS2. The summed E-state index contributed by atoms with van der Waals surface area (Å²) in [7, 11) is -10.0. The van der Waals surface area contributed by atoms with Gasteiger partial charge in [0.25, 0.3) is 0 Å². The molecule has 0 bridgehead atoms. The summed E-state index contributed by atoms with van der Waals surface area (Å²) in [6, 6.07) is 1.93. The normalized spacial score (nSPS) is 17.9. The Kier molecular flexibility index (Phi) is 4.51. The second-order valence-corrected chi connectivity index (χ2v) is 10.4. The van der Waals surface area contributed by atoms with Crippen LogP contribution in [0.15, 0.2) is 22.1 Å². The van der Waals surface area contributed by atoms with E-state index in [-0.39, 0.29) is 34.1 Å². The number of primary amides is 1. The highest BCUT2D eigenvalue weighted by molar-refractivity contribution is 8.45. The first kappa shape index (κ1) is 22.0. The van der Waals surface area contributed by atoms with E-state index in [2.05, 4.69) is 5.10 Å². The van der Waals surface area contributed by atoms with Gasteiger partial charge in [-0.15, -0.1) is 11.8 Å². The Labute approximate surface area is 175 Å². The van der Waals surface area contributed by atoms with Crippen molar-refractivity contribution in [3.8, 4) is 11.8 Å². The number of benzene rings is 1. The van der Waals surface area contributed by atoms with Gasteiger partial charge in [0.05, 0.1) is 15.5 Å². The monoisotopic (exact) mass is 492 g/mol. The lowest BCUT2D eigenvalue weighted by Crippen LogP contribution is -2.29. The average Bonchev–Trinajstić information content (AvgIpc) is 3.28. The maximum absolute atomic E-state index is 13.1. The molecule has 1 heterocycles. The van der Waals surface area contributed by atoms with Gasteiger partial charge in [0.1, 0.15) is 21.7 Å². The quantitative estimate of drug-likeness (QED) is 0.412. The van der Waals surface area contributed by atoms with Gasteiger partial charge in [0.15, 0.2) is 5.69 Å². The zero-order valence-electron chi connectivity index (χ0n) is 14.4. The molecule has 0 radical (unpaired) electrons. The number of rotatable bonds is 5. The lowest BCUT2D eigenvalue weighted by Gasteiger charge is -2.40. The Bertz CT molecular complexity index is 1080. The Balaban J connectivity index is 2.31. The average molecular weight is 493 g/mol. The lowest BCUT2D eigenvalue weighted by molar-refractivity contribution is -0.120. The molecule has 2 N–H and O–H groups in total. The van der Waals surface area contributed by atoms with Crippen LogP contribution in [0.1, 0.15) is 24.1 Å². The molecule has 14 heteroatoms. The lowest BCUT2D eigenvalue weighted by atomic mass is 9.96. The van der Waals surface area contributed by atoms with Crippen LogP contribution in [-0.2, 0) is 10.2 Å². The summed E-state index contributed by atoms with van der Waals surface area (Å²) in [4.78, 5) is 9.68. The first-order chi connectivity index (χ1) is 13.1. The van der Waals surface area contributed by atoms with Crippen LogP contribution in [0.3, 0.4) is 0 Å². The number of hydrogen-bond acceptors (Lipinski definition) is 4. The molecule has 1 aliphatic rings. The van der Waals surface area contributed by atoms with E-state index in [1.54, 1.807) is 6.26 Å². The number of nitrogens with two attached hydrogens (primary N) is 1. The second kappa shape index (κ2) is 5.94. The van der Waals surface area contributed by atoms with Gasteiger partial charge in [0, 0.05) is 5.56 Å². The van der Waals surface area contributed by atoms with Crippen molar-refractivity contribution in [1.82, 2.24) is 9.78 Å². The first-order valence-electron chi connectivity index (χ1n) is 7.67. The van der Waals surface area contributed by atoms with E-state index in [0.717, 1.165) is 16.4 Å². The summed E-state index contributed by atoms with van der Waals surface area (Å²) in [5, 5.41) is 12.1. The molecule has 1 aromatic heterocycles. The number of aromatic nitrogens is 2. The third-order valence-electron chi connectivity index (χ3n) is 4.49. The summed E-state index contributed by atoms with van der Waals surface area (Å²) < 4.78 is 66.6. The number of amides is 1. The van der Waals surface area contributed by atoms with Crippen LogP contribution in [-0.4, -0.2) is 21.9 Å². The van der Waals surface area contributed by atoms with Gasteiger partial charge < -0.3 is 5.73 Å². The standard InChI is InChI=1S/C15H11Cl2F5N4OS2/c1-28-13-11(15(2-3-15)14(24)27)10(6-23)25-26(13)12-8(16)4-7(5-9(12)17)29(18,19,20,21)22/h4-5H,2-3H2,1H3,(H2,24,27). The van der Waals surface area contributed by atoms with Crippen LogP contribution >= 0.6 is 45.2 Å². The molecule has 0 atom stereocenters. The predicted molar refractivity (Wildman–Crippen MR) is 102 cm³/mol. The molecule has 1 aromatic carbocycles. The van der Waals surface area contributed by atoms with Crippen molar-refractivity contribution < 1.29 is 24.2 Å². The third kappa shape index (κ3) is 3.65. The molecule has 1 fully saturated rings. The van der Waals surface area contributed by atoms with Gasteiger partial charge >= 0.3 is 10.2 Å². The molecule has 0 aliphatic heterocycles. The van der Waals surface area contributed by atoms with E-state index in [4.69, 9.17) is 28.9 Å². The maximum Gasteiger partial charge on any atom is 0.310 e. The Morgan fingerprint density at radius 2 is 1.79 bits per heavy atom. The number of carbonyl (C=O) groups excluding carboxylic acids is 1. The minimum absolute atomic E-state index is 0.0583. The van der Waals surface area contributed by atoms with E-state index in [1.165, 1.54) is 0 Å². The highest BCUT2D eigenvalue weighted by Crippen LogP contribution is 3.02. The van der Waals surface area contributed by atoms with Gasteiger partial charge in [-0.1, -0.05) is 42.6 Å². The van der Waals surface area contributed by atoms with Crippen LogP contribution in [0.5, 0.6) is 0 Å². The smallest absolute Gasteiger partial charge is 0.310 e. The molecule has 0 spiro atoms. The molecule has 1 amide bonds. The van der Waals surface area contributed by atoms with Crippen molar-refractivity contribution in [3.05, 3.63) is 33.4 Å². The van der Waals surface area contributed by atoms with Crippen molar-refractivity contribution in [1.29, 1.82) is 5.26 Å². The van der Waals surface area contributed by atoms with E-state index >= 15 is 0 Å². The molecule has 1 aliphatic carbocycles. The Hall–Kier alpha value is -1.68. The SMILES string of the molecule is CSc1c(C2(C(N)=O)CC2)c(C#N)nn1-c1c(Cl)cc(S(F)(F)(F)(F)F)cc1Cl. The third-order valence-corrected chi connectivity index (χ3v) is 6.96. The molecule has 5 nitrogen and oxygen atoms in total. The summed E-state index contributed by atoms with van der Waals surface area (Å²) in [5.41, 5.74) is 4.03. The largest absolute Gasteiger partial charge is 0.369 e. The Morgan fingerprint density at radius 3 is 2.14 bits per heavy atom. The summed E-state index contributed by atoms with van der Waals surface area (Å²) in [6.45, 7) is 0. The number of nitriles is 1. The van der Waals surface area contributed by atoms with Crippen LogP contribution in [0.25, 0.3) is 5.69 Å². The zero-order chi connectivity index (χ0) is 22.1. The number of thioether (sulfide) groups is 1. The summed E-state index contributed by atoms with van der Waals surface area (Å²) in [6.07, 6.45) is 2.29. The van der Waals surface area contributed by atoms with Gasteiger partial charge in [-0.05, 0) is 31.2 Å². The van der Waals surface area contributed by atoms with E-state index < -0.39 is 36.5 Å². The van der Waals surface area contributed by atoms with Crippen molar-refractivity contribution in [2.45, 2.75) is 28.2 Å². The first-order valence-corrected chi connectivity index (χ1v) is 11.6. The van der Waals surface area contributed by atoms with Gasteiger partial charge in [0.2, 0.25) is 5.91 Å². The van der Waals surface area contributed by atoms with Crippen molar-refractivity contribution in [2.75, 3.05) is 6.26 Å². The predicted octanol–water partition coefficient (Wildman–Crippen LogP) is 5.95. The van der Waals surface area contributed by atoms with Crippen LogP contribution in [0.4, 0.5) is 19.4 Å². The minimum atomic E-state index is -10.0. The van der Waals surface area contributed by atoms with Crippen LogP contribution in [0, 0.1) is 11.3 Å². The van der Waals surface area contributed by atoms with Crippen molar-refractivity contribution in [2.24, 2.45) is 5.73 Å². The summed E-state index contributed by atoms with van der Waals surface area (Å²) in [5.74, 6) is -0.683. The van der Waals surface area contributed by atoms with Crippen LogP contribution in [0.2, 0.25) is 10.0 Å². The fourth-order valence-electron chi connectivity index (χ4n) is 2.96. The molecule has 158 valence electrons. The minimum Gasteiger partial charge on any atom is -0.369 e. The van der Waals surface area contributed by atoms with Crippen molar-refractivity contribution >= 4 is 51.1 Å². The number of nitrogens with zero attached hydrogens (tertiary/aromatic N) is 3. The number of halogens is 7. The fraction of sp³-hybridized carbons (Fsp3) is 0.267. The van der Waals surface area contributed by atoms with E-state index in [0.29, 0.717) is 12.8 Å². The molecule has 3 rings (SSSR count). The molecular weight excluding hydrogens is 482 g/mol. The van der Waals surface area contributed by atoms with E-state index in [1.807, 2.05) is 6.07 Å². The topological polar surface area (TPSA) is 84.7 Å². The molecule has 0 unspecified atom stereocenters. The van der Waals surface area contributed by atoms with Gasteiger partial charge in [-0.25, -0.2) is 4.68 Å². The molecule has 29 heavy (non-hydrogen) atoms. The molecule has 2 aromatic rings. The van der Waals surface area contributed by atoms with E-state index in [9.17, 15) is 29.5 Å². The second-order valence-electron chi connectivity index (χ2n) is 6.41. The maximum atomic E-state index is 13.1. The van der Waals surface area contributed by atoms with Crippen molar-refractivity contribution in [3.63, 3.8) is 0 Å². The number of carbonyl (C=O) groups is 1. The fourth-order valence-corrected chi connectivity index (χ4v) is 5.22. The Morgan fingerprint density at radius 1 is 1.28 bits per heavy atom. The highest BCUT2D eigenvalue weighted by atomic mass is 35.5. The summed E-state index contributed by atoms with van der Waals surface area (Å²) >= 11 is 12.8.